The van der Waals surface area contributed by atoms with E-state index in [0.29, 0.717) is 48.4 Å². The Kier molecular flexibility index (Phi) is 8.10. The summed E-state index contributed by atoms with van der Waals surface area (Å²) >= 11 is 0. The number of methoxy groups -OCH3 is 1. The summed E-state index contributed by atoms with van der Waals surface area (Å²) in [6.07, 6.45) is -1.37. The molecule has 3 aromatic rings. The van der Waals surface area contributed by atoms with E-state index in [9.17, 15) is 27.6 Å². The lowest BCUT2D eigenvalue weighted by Gasteiger charge is -2.42. The predicted molar refractivity (Wildman–Crippen MR) is 150 cm³/mol. The molecule has 0 radical (unpaired) electrons. The molecule has 2 aliphatic heterocycles. The Hall–Kier alpha value is -4.17. The Labute approximate surface area is 241 Å². The number of likely N-dealkylation sites (N-methyl/N-ethyl adjacent to an activating group) is 1. The fourth-order valence-electron chi connectivity index (χ4n) is 5.98. The predicted octanol–water partition coefficient (Wildman–Crippen LogP) is 5.15. The van der Waals surface area contributed by atoms with Crippen LogP contribution in [-0.4, -0.2) is 62.2 Å². The van der Waals surface area contributed by atoms with E-state index < -0.39 is 23.0 Å². The zero-order valence-electron chi connectivity index (χ0n) is 23.3. The van der Waals surface area contributed by atoms with Crippen LogP contribution >= 0.6 is 0 Å². The summed E-state index contributed by atoms with van der Waals surface area (Å²) in [4.78, 5) is 22.6. The van der Waals surface area contributed by atoms with E-state index in [4.69, 9.17) is 4.74 Å². The number of piperidine rings is 1. The summed E-state index contributed by atoms with van der Waals surface area (Å²) in [5.41, 5.74) is 0.179. The van der Waals surface area contributed by atoms with Crippen LogP contribution in [0.25, 0.3) is 11.3 Å². The highest BCUT2D eigenvalue weighted by atomic mass is 19.4. The number of amides is 1. The number of alkyl halides is 3. The normalized spacial score (nSPS) is 18.9. The number of halogens is 4. The Bertz CT molecular complexity index is 1490. The van der Waals surface area contributed by atoms with Gasteiger partial charge in [0, 0.05) is 37.4 Å². The summed E-state index contributed by atoms with van der Waals surface area (Å²) < 4.78 is 59.3. The van der Waals surface area contributed by atoms with Gasteiger partial charge in [0.1, 0.15) is 6.07 Å². The first-order valence-corrected chi connectivity index (χ1v) is 13.7. The van der Waals surface area contributed by atoms with Crippen molar-refractivity contribution in [3.8, 4) is 23.1 Å². The number of hydrogen-bond acceptors (Lipinski definition) is 6. The number of nitrogens with zero attached hydrogens (tertiary/aromatic N) is 4. The van der Waals surface area contributed by atoms with Crippen molar-refractivity contribution in [3.63, 3.8) is 0 Å². The van der Waals surface area contributed by atoms with Crippen LogP contribution < -0.4 is 15.0 Å². The maximum atomic E-state index is 14.3. The van der Waals surface area contributed by atoms with Crippen LogP contribution in [0.2, 0.25) is 0 Å². The zero-order valence-corrected chi connectivity index (χ0v) is 23.3. The summed E-state index contributed by atoms with van der Waals surface area (Å²) in [5, 5.41) is 12.8. The second kappa shape index (κ2) is 11.6. The molecule has 0 spiro atoms. The molecule has 7 nitrogen and oxygen atoms in total. The number of carbonyl (C=O) groups excluding carboxylic acids is 1. The summed E-state index contributed by atoms with van der Waals surface area (Å²) in [6, 6.07) is 13.2. The van der Waals surface area contributed by atoms with Crippen LogP contribution in [0.1, 0.15) is 36.0 Å². The molecule has 5 rings (SSSR count). The molecule has 1 atom stereocenters. The number of rotatable bonds is 6. The number of nitriles is 1. The van der Waals surface area contributed by atoms with Gasteiger partial charge in [-0.2, -0.15) is 18.4 Å². The van der Waals surface area contributed by atoms with Crippen LogP contribution in [0, 0.1) is 17.1 Å². The second-order valence-electron chi connectivity index (χ2n) is 10.9. The summed E-state index contributed by atoms with van der Waals surface area (Å²) in [5.74, 6) is -0.562. The third-order valence-electron chi connectivity index (χ3n) is 8.33. The van der Waals surface area contributed by atoms with Gasteiger partial charge in [0.2, 0.25) is 5.91 Å². The van der Waals surface area contributed by atoms with E-state index in [1.54, 1.807) is 24.4 Å². The molecule has 11 heteroatoms. The van der Waals surface area contributed by atoms with E-state index in [1.165, 1.54) is 19.2 Å². The number of likely N-dealkylation sites (tertiary alicyclic amines) is 1. The molecular formula is C31H31F4N5O2. The molecular weight excluding hydrogens is 550 g/mol. The molecule has 0 aliphatic carbocycles. The lowest BCUT2D eigenvalue weighted by molar-refractivity contribution is -0.137. The fraction of sp³-hybridized carbons (Fsp3) is 0.387. The monoisotopic (exact) mass is 581 g/mol. The third kappa shape index (κ3) is 5.63. The minimum Gasteiger partial charge on any atom is -0.493 e. The number of carbonyl (C=O) groups is 1. The van der Waals surface area contributed by atoms with Gasteiger partial charge < -0.3 is 19.9 Å². The van der Waals surface area contributed by atoms with E-state index in [1.807, 2.05) is 24.1 Å². The number of pyridine rings is 1. The maximum Gasteiger partial charge on any atom is 0.416 e. The molecule has 220 valence electrons. The first-order valence-electron chi connectivity index (χ1n) is 13.7. The highest BCUT2D eigenvalue weighted by Gasteiger charge is 2.44. The molecule has 2 aliphatic rings. The van der Waals surface area contributed by atoms with Crippen molar-refractivity contribution in [2.24, 2.45) is 0 Å². The van der Waals surface area contributed by atoms with Crippen LogP contribution in [0.5, 0.6) is 5.75 Å². The Morgan fingerprint density at radius 3 is 2.50 bits per heavy atom. The van der Waals surface area contributed by atoms with Crippen molar-refractivity contribution in [1.29, 1.82) is 5.26 Å². The van der Waals surface area contributed by atoms with E-state index in [0.717, 1.165) is 31.6 Å². The summed E-state index contributed by atoms with van der Waals surface area (Å²) in [7, 11) is 3.39. The zero-order chi connectivity index (χ0) is 30.1. The van der Waals surface area contributed by atoms with Crippen LogP contribution in [0.4, 0.5) is 23.2 Å². The first kappa shape index (κ1) is 29.3. The van der Waals surface area contributed by atoms with Crippen LogP contribution in [0.3, 0.4) is 0 Å². The van der Waals surface area contributed by atoms with Crippen molar-refractivity contribution >= 4 is 11.6 Å². The van der Waals surface area contributed by atoms with Crippen molar-refractivity contribution in [2.45, 2.75) is 36.9 Å². The number of para-hydroxylation sites is 1. The van der Waals surface area contributed by atoms with Crippen LogP contribution in [0.15, 0.2) is 54.7 Å². The standard InChI is InChI=1S/C31H31F4N5O2/c1-39-13-10-23(19-39)38-29(41)30(22-6-8-26(37-18-22)24-4-3-5-25(32)28(24)42-2)11-14-40(15-12-30)27-9-7-21(31(33,34)35)16-20(27)17-36/h3-9,16,18,23H,10-15,19H2,1-2H3,(H,38,41)/t23-/m1/s1. The molecule has 0 unspecified atom stereocenters. The number of aromatic nitrogens is 1. The molecule has 42 heavy (non-hydrogen) atoms. The van der Waals surface area contributed by atoms with Crippen molar-refractivity contribution in [3.05, 3.63) is 77.2 Å². The van der Waals surface area contributed by atoms with Crippen LogP contribution in [-0.2, 0) is 16.4 Å². The lowest BCUT2D eigenvalue weighted by Crippen LogP contribution is -2.54. The molecule has 1 amide bonds. The molecule has 0 saturated carbocycles. The largest absolute Gasteiger partial charge is 0.493 e. The molecule has 2 aromatic carbocycles. The average Bonchev–Trinajstić information content (AvgIpc) is 3.40. The highest BCUT2D eigenvalue weighted by molar-refractivity contribution is 5.89. The Balaban J connectivity index is 1.45. The van der Waals surface area contributed by atoms with Gasteiger partial charge >= 0.3 is 6.18 Å². The molecule has 2 fully saturated rings. The Morgan fingerprint density at radius 1 is 1.14 bits per heavy atom. The molecule has 3 heterocycles. The van der Waals surface area contributed by atoms with E-state index in [2.05, 4.69) is 15.2 Å². The number of anilines is 1. The van der Waals surface area contributed by atoms with Gasteiger partial charge in [0.15, 0.2) is 11.6 Å². The van der Waals surface area contributed by atoms with E-state index >= 15 is 0 Å². The topological polar surface area (TPSA) is 81.5 Å². The van der Waals surface area contributed by atoms with Gasteiger partial charge in [-0.3, -0.25) is 9.78 Å². The van der Waals surface area contributed by atoms with Gasteiger partial charge in [-0.05, 0) is 74.8 Å². The van der Waals surface area contributed by atoms with Crippen molar-refractivity contribution in [2.75, 3.05) is 45.2 Å². The quantitative estimate of drug-likeness (QED) is 0.406. The number of hydrogen-bond donors (Lipinski definition) is 1. The lowest BCUT2D eigenvalue weighted by atomic mass is 9.72. The average molecular weight is 582 g/mol. The Morgan fingerprint density at radius 2 is 1.90 bits per heavy atom. The fourth-order valence-corrected chi connectivity index (χ4v) is 5.98. The second-order valence-corrected chi connectivity index (χ2v) is 10.9. The number of nitrogens with one attached hydrogen (secondary N) is 1. The van der Waals surface area contributed by atoms with Crippen molar-refractivity contribution < 1.29 is 27.1 Å². The highest BCUT2D eigenvalue weighted by Crippen LogP contribution is 2.40. The third-order valence-corrected chi connectivity index (χ3v) is 8.33. The molecule has 1 N–H and O–H groups in total. The van der Waals surface area contributed by atoms with Gasteiger partial charge in [0.25, 0.3) is 0 Å². The van der Waals surface area contributed by atoms with Crippen molar-refractivity contribution in [1.82, 2.24) is 15.2 Å². The van der Waals surface area contributed by atoms with Gasteiger partial charge in [0.05, 0.1) is 35.0 Å². The number of benzene rings is 2. The maximum absolute atomic E-state index is 14.3. The number of ether oxygens (including phenoxy) is 1. The molecule has 1 aromatic heterocycles. The first-order chi connectivity index (χ1) is 20.1. The van der Waals surface area contributed by atoms with Gasteiger partial charge in [-0.15, -0.1) is 0 Å². The van der Waals surface area contributed by atoms with E-state index in [-0.39, 0.29) is 23.3 Å². The SMILES string of the molecule is COc1c(F)cccc1-c1ccc(C2(C(=O)N[C@@H]3CCN(C)C3)CCN(c3ccc(C(F)(F)F)cc3C#N)CC2)cn1. The minimum absolute atomic E-state index is 0.00120. The minimum atomic E-state index is -4.55. The molecule has 0 bridgehead atoms. The summed E-state index contributed by atoms with van der Waals surface area (Å²) in [6.45, 7) is 2.30. The smallest absolute Gasteiger partial charge is 0.416 e. The molecule has 2 saturated heterocycles. The van der Waals surface area contributed by atoms with Gasteiger partial charge in [-0.25, -0.2) is 4.39 Å². The van der Waals surface area contributed by atoms with Gasteiger partial charge in [-0.1, -0.05) is 12.1 Å².